The van der Waals surface area contributed by atoms with Gasteiger partial charge in [0.15, 0.2) is 0 Å². The van der Waals surface area contributed by atoms with E-state index in [9.17, 15) is 4.79 Å². The fraction of sp³-hybridized carbons (Fsp3) is 0.250. The first kappa shape index (κ1) is 13.4. The van der Waals surface area contributed by atoms with Crippen LogP contribution in [-0.4, -0.2) is 32.0 Å². The Bertz CT molecular complexity index is 586. The molecule has 1 amide bonds. The number of amides is 1. The number of rotatable bonds is 5. The van der Waals surface area contributed by atoms with Crippen molar-refractivity contribution in [3.8, 4) is 0 Å². The van der Waals surface area contributed by atoms with Crippen LogP contribution in [0.1, 0.15) is 5.56 Å². The van der Waals surface area contributed by atoms with E-state index in [-0.39, 0.29) is 5.91 Å². The van der Waals surface area contributed by atoms with E-state index < -0.39 is 0 Å². The summed E-state index contributed by atoms with van der Waals surface area (Å²) < 4.78 is 3.35. The first-order valence-electron chi connectivity index (χ1n) is 5.76. The number of hydrogen-bond donors (Lipinski definition) is 1. The summed E-state index contributed by atoms with van der Waals surface area (Å²) in [4.78, 5) is 11.5. The molecule has 0 bridgehead atoms. The Kier molecular flexibility index (Phi) is 4.35. The van der Waals surface area contributed by atoms with Gasteiger partial charge in [0, 0.05) is 37.6 Å². The van der Waals surface area contributed by atoms with Crippen molar-refractivity contribution in [3.05, 3.63) is 41.4 Å². The molecular formula is C12H14ClN5O. The summed E-state index contributed by atoms with van der Waals surface area (Å²) in [6.45, 7) is 1.08. The first-order chi connectivity index (χ1) is 9.13. The minimum absolute atomic E-state index is 0.151. The molecule has 1 N–H and O–H groups in total. The van der Waals surface area contributed by atoms with Crippen molar-refractivity contribution >= 4 is 23.6 Å². The zero-order chi connectivity index (χ0) is 13.7. The summed E-state index contributed by atoms with van der Waals surface area (Å²) in [5.41, 5.74) is 0.886. The average Bonchev–Trinajstić information content (AvgIpc) is 2.96. The van der Waals surface area contributed by atoms with Crippen molar-refractivity contribution in [3.63, 3.8) is 0 Å². The Labute approximate surface area is 115 Å². The van der Waals surface area contributed by atoms with Crippen LogP contribution < -0.4 is 5.32 Å². The molecule has 0 saturated carbocycles. The summed E-state index contributed by atoms with van der Waals surface area (Å²) in [5, 5.41) is 11.4. The Hall–Kier alpha value is -2.08. The molecule has 2 aromatic heterocycles. The number of aryl methyl sites for hydroxylation is 1. The zero-order valence-electron chi connectivity index (χ0n) is 10.5. The number of nitrogens with zero attached hydrogens (tertiary/aromatic N) is 4. The lowest BCUT2D eigenvalue weighted by Gasteiger charge is -2.02. The van der Waals surface area contributed by atoms with E-state index in [0.717, 1.165) is 5.56 Å². The zero-order valence-corrected chi connectivity index (χ0v) is 11.2. The second-order valence-corrected chi connectivity index (χ2v) is 4.43. The third kappa shape index (κ3) is 4.26. The smallest absolute Gasteiger partial charge is 0.244 e. The van der Waals surface area contributed by atoms with Crippen LogP contribution in [0.4, 0.5) is 0 Å². The largest absolute Gasteiger partial charge is 0.351 e. The lowest BCUT2D eigenvalue weighted by molar-refractivity contribution is -0.116. The quantitative estimate of drug-likeness (QED) is 0.834. The molecule has 0 spiro atoms. The highest BCUT2D eigenvalue weighted by atomic mass is 35.5. The second-order valence-electron chi connectivity index (χ2n) is 3.99. The molecule has 2 heterocycles. The molecule has 0 aliphatic carbocycles. The van der Waals surface area contributed by atoms with Crippen LogP contribution in [0.25, 0.3) is 6.08 Å². The summed E-state index contributed by atoms with van der Waals surface area (Å²) in [5.74, 6) is -0.151. The Morgan fingerprint density at radius 3 is 2.89 bits per heavy atom. The van der Waals surface area contributed by atoms with Crippen molar-refractivity contribution < 1.29 is 4.79 Å². The van der Waals surface area contributed by atoms with Gasteiger partial charge in [-0.3, -0.25) is 14.2 Å². The molecule has 0 atom stereocenters. The molecule has 19 heavy (non-hydrogen) atoms. The minimum atomic E-state index is -0.151. The minimum Gasteiger partial charge on any atom is -0.351 e. The first-order valence-corrected chi connectivity index (χ1v) is 6.14. The SMILES string of the molecule is Cn1cc(/C=C/C(=O)NCCn2cc(Cl)cn2)cn1. The molecule has 6 nitrogen and oxygen atoms in total. The van der Waals surface area contributed by atoms with Crippen LogP contribution in [-0.2, 0) is 18.4 Å². The third-order valence-corrected chi connectivity index (χ3v) is 2.59. The molecule has 0 unspecified atom stereocenters. The van der Waals surface area contributed by atoms with Gasteiger partial charge in [0.1, 0.15) is 0 Å². The van der Waals surface area contributed by atoms with Gasteiger partial charge < -0.3 is 5.32 Å². The van der Waals surface area contributed by atoms with Crippen LogP contribution in [0.3, 0.4) is 0 Å². The third-order valence-electron chi connectivity index (χ3n) is 2.39. The van der Waals surface area contributed by atoms with Gasteiger partial charge >= 0.3 is 0 Å². The molecule has 0 radical (unpaired) electrons. The summed E-state index contributed by atoms with van der Waals surface area (Å²) in [7, 11) is 1.83. The highest BCUT2D eigenvalue weighted by molar-refractivity contribution is 6.30. The van der Waals surface area contributed by atoms with Crippen molar-refractivity contribution in [1.82, 2.24) is 24.9 Å². The molecule has 0 saturated heterocycles. The van der Waals surface area contributed by atoms with Gasteiger partial charge in [0.25, 0.3) is 0 Å². The molecule has 0 aliphatic rings. The summed E-state index contributed by atoms with van der Waals surface area (Å²) in [6.07, 6.45) is 9.98. The average molecular weight is 280 g/mol. The molecule has 7 heteroatoms. The monoisotopic (exact) mass is 279 g/mol. The van der Waals surface area contributed by atoms with Crippen molar-refractivity contribution in [2.24, 2.45) is 7.05 Å². The van der Waals surface area contributed by atoms with Crippen molar-refractivity contribution in [1.29, 1.82) is 0 Å². The Morgan fingerprint density at radius 1 is 1.42 bits per heavy atom. The van der Waals surface area contributed by atoms with Crippen LogP contribution in [0, 0.1) is 0 Å². The fourth-order valence-electron chi connectivity index (χ4n) is 1.51. The van der Waals surface area contributed by atoms with E-state index in [1.165, 1.54) is 6.08 Å². The van der Waals surface area contributed by atoms with E-state index >= 15 is 0 Å². The predicted molar refractivity (Wildman–Crippen MR) is 72.5 cm³/mol. The van der Waals surface area contributed by atoms with Gasteiger partial charge in [-0.2, -0.15) is 10.2 Å². The van der Waals surface area contributed by atoms with Crippen molar-refractivity contribution in [2.45, 2.75) is 6.54 Å². The van der Waals surface area contributed by atoms with Gasteiger partial charge in [-0.1, -0.05) is 11.6 Å². The molecule has 100 valence electrons. The lowest BCUT2D eigenvalue weighted by Crippen LogP contribution is -2.25. The van der Waals surface area contributed by atoms with E-state index in [2.05, 4.69) is 15.5 Å². The molecular weight excluding hydrogens is 266 g/mol. The number of hydrogen-bond acceptors (Lipinski definition) is 3. The summed E-state index contributed by atoms with van der Waals surface area (Å²) >= 11 is 5.73. The second kappa shape index (κ2) is 6.19. The molecule has 2 rings (SSSR count). The van der Waals surface area contributed by atoms with Gasteiger partial charge in [-0.25, -0.2) is 0 Å². The molecule has 2 aromatic rings. The predicted octanol–water partition coefficient (Wildman–Crippen LogP) is 1.10. The van der Waals surface area contributed by atoms with Gasteiger partial charge in [0.05, 0.1) is 24.0 Å². The molecule has 0 aliphatic heterocycles. The number of aromatic nitrogens is 4. The van der Waals surface area contributed by atoms with Gasteiger partial charge in [-0.15, -0.1) is 0 Å². The van der Waals surface area contributed by atoms with Crippen LogP contribution >= 0.6 is 11.6 Å². The van der Waals surface area contributed by atoms with Gasteiger partial charge in [-0.05, 0) is 6.08 Å². The lowest BCUT2D eigenvalue weighted by atomic mass is 10.3. The standard InChI is InChI=1S/C12H14ClN5O/c1-17-8-10(6-15-17)2-3-12(19)14-4-5-18-9-11(13)7-16-18/h2-3,6-9H,4-5H2,1H3,(H,14,19)/b3-2+. The normalized spacial score (nSPS) is 11.1. The summed E-state index contributed by atoms with van der Waals surface area (Å²) in [6, 6.07) is 0. The number of carbonyl (C=O) groups is 1. The Morgan fingerprint density at radius 2 is 2.26 bits per heavy atom. The topological polar surface area (TPSA) is 64.7 Å². The fourth-order valence-corrected chi connectivity index (χ4v) is 1.67. The van der Waals surface area contributed by atoms with Gasteiger partial charge in [0.2, 0.25) is 5.91 Å². The van der Waals surface area contributed by atoms with Crippen LogP contribution in [0.2, 0.25) is 5.02 Å². The van der Waals surface area contributed by atoms with Crippen LogP contribution in [0.15, 0.2) is 30.9 Å². The number of halogens is 1. The van der Waals surface area contributed by atoms with E-state index in [4.69, 9.17) is 11.6 Å². The maximum atomic E-state index is 11.5. The van der Waals surface area contributed by atoms with E-state index in [1.807, 2.05) is 13.2 Å². The Balaban J connectivity index is 1.74. The molecule has 0 fully saturated rings. The number of nitrogens with one attached hydrogen (secondary N) is 1. The molecule has 0 aromatic carbocycles. The highest BCUT2D eigenvalue weighted by Gasteiger charge is 1.98. The van der Waals surface area contributed by atoms with E-state index in [1.54, 1.807) is 34.0 Å². The number of carbonyl (C=O) groups excluding carboxylic acids is 1. The maximum Gasteiger partial charge on any atom is 0.244 e. The van der Waals surface area contributed by atoms with E-state index in [0.29, 0.717) is 18.1 Å². The highest BCUT2D eigenvalue weighted by Crippen LogP contribution is 2.03. The van der Waals surface area contributed by atoms with Crippen LogP contribution in [0.5, 0.6) is 0 Å². The maximum absolute atomic E-state index is 11.5. The van der Waals surface area contributed by atoms with Crippen molar-refractivity contribution in [2.75, 3.05) is 6.54 Å².